The zero-order valence-corrected chi connectivity index (χ0v) is 10.7. The summed E-state index contributed by atoms with van der Waals surface area (Å²) in [6.07, 6.45) is -1.94. The summed E-state index contributed by atoms with van der Waals surface area (Å²) in [6, 6.07) is 1.25. The first-order valence-electron chi connectivity index (χ1n) is 6.26. The highest BCUT2D eigenvalue weighted by molar-refractivity contribution is 5.29. The zero-order chi connectivity index (χ0) is 15.1. The molecule has 0 amide bonds. The lowest BCUT2D eigenvalue weighted by Gasteiger charge is -2.14. The second kappa shape index (κ2) is 5.04. The number of aliphatic hydroxyl groups is 3. The second-order valence-electron chi connectivity index (χ2n) is 4.80. The van der Waals surface area contributed by atoms with Gasteiger partial charge in [-0.1, -0.05) is 0 Å². The van der Waals surface area contributed by atoms with Gasteiger partial charge in [0.25, 0.3) is 11.1 Å². The maximum Gasteiger partial charge on any atom is 0.280 e. The Balaban J connectivity index is 2.09. The molecule has 9 heteroatoms. The lowest BCUT2D eigenvalue weighted by atomic mass is 10.0. The number of rotatable bonds is 2. The standard InChI is InChI=1S/C12H13N3O6/c16-4-6-8(18)9(19)10(21-6)5-3-15-2-1-7(17)13-12(15)14-11(5)20/h1-3,6,8-10,16,18-19H,4H2,(H,13,14,17,20)/t6-,8?,9?,10+/m1/s1. The van der Waals surface area contributed by atoms with Crippen LogP contribution in [0.4, 0.5) is 0 Å². The van der Waals surface area contributed by atoms with Crippen LogP contribution in [-0.4, -0.2) is 54.6 Å². The average molecular weight is 295 g/mol. The Morgan fingerprint density at radius 1 is 1.33 bits per heavy atom. The number of hydrogen-bond donors (Lipinski definition) is 4. The first-order valence-corrected chi connectivity index (χ1v) is 6.26. The highest BCUT2D eigenvalue weighted by Gasteiger charge is 2.44. The van der Waals surface area contributed by atoms with E-state index in [-0.39, 0.29) is 11.3 Å². The predicted octanol–water partition coefficient (Wildman–Crippen LogP) is -2.46. The van der Waals surface area contributed by atoms with E-state index in [2.05, 4.69) is 9.97 Å². The van der Waals surface area contributed by atoms with E-state index in [1.807, 2.05) is 0 Å². The van der Waals surface area contributed by atoms with Gasteiger partial charge in [-0.15, -0.1) is 0 Å². The largest absolute Gasteiger partial charge is 0.394 e. The van der Waals surface area contributed by atoms with Crippen molar-refractivity contribution in [3.8, 4) is 0 Å². The minimum Gasteiger partial charge on any atom is -0.394 e. The van der Waals surface area contributed by atoms with Gasteiger partial charge in [-0.2, -0.15) is 4.98 Å². The van der Waals surface area contributed by atoms with Crippen molar-refractivity contribution in [2.45, 2.75) is 24.4 Å². The highest BCUT2D eigenvalue weighted by atomic mass is 16.6. The topological polar surface area (TPSA) is 137 Å². The van der Waals surface area contributed by atoms with E-state index in [1.54, 1.807) is 0 Å². The van der Waals surface area contributed by atoms with E-state index >= 15 is 0 Å². The summed E-state index contributed by atoms with van der Waals surface area (Å²) in [5, 5.41) is 28.7. The molecule has 2 aromatic rings. The summed E-state index contributed by atoms with van der Waals surface area (Å²) in [4.78, 5) is 29.3. The summed E-state index contributed by atoms with van der Waals surface area (Å²) >= 11 is 0. The van der Waals surface area contributed by atoms with Crippen molar-refractivity contribution in [1.29, 1.82) is 0 Å². The number of hydrogen-bond acceptors (Lipinski definition) is 7. The molecule has 0 saturated carbocycles. The lowest BCUT2D eigenvalue weighted by molar-refractivity contribution is -0.0232. The monoisotopic (exact) mass is 295 g/mol. The van der Waals surface area contributed by atoms with E-state index in [4.69, 9.17) is 9.84 Å². The minimum absolute atomic E-state index is 0.0297. The Morgan fingerprint density at radius 2 is 2.10 bits per heavy atom. The molecule has 3 heterocycles. The van der Waals surface area contributed by atoms with Gasteiger partial charge in [-0.3, -0.25) is 19.0 Å². The molecule has 2 unspecified atom stereocenters. The molecular weight excluding hydrogens is 282 g/mol. The van der Waals surface area contributed by atoms with Crippen LogP contribution in [0.3, 0.4) is 0 Å². The number of nitrogens with one attached hydrogen (secondary N) is 1. The SMILES string of the molecule is O=c1ccn2cc([C@@H]3O[C@H](CO)C(O)C3O)c(=O)nc2[nH]1. The van der Waals surface area contributed by atoms with Crippen molar-refractivity contribution >= 4 is 5.78 Å². The third-order valence-electron chi connectivity index (χ3n) is 3.45. The third-order valence-corrected chi connectivity index (χ3v) is 3.45. The fourth-order valence-corrected chi connectivity index (χ4v) is 2.34. The molecule has 2 aromatic heterocycles. The molecule has 9 nitrogen and oxygen atoms in total. The molecule has 1 aliphatic heterocycles. The van der Waals surface area contributed by atoms with Gasteiger partial charge in [0, 0.05) is 18.5 Å². The van der Waals surface area contributed by atoms with Crippen LogP contribution < -0.4 is 11.1 Å². The Kier molecular flexibility index (Phi) is 3.33. The third kappa shape index (κ3) is 2.25. The molecule has 1 fully saturated rings. The number of ether oxygens (including phenoxy) is 1. The van der Waals surface area contributed by atoms with Crippen molar-refractivity contribution in [1.82, 2.24) is 14.4 Å². The Labute approximate surface area is 117 Å². The van der Waals surface area contributed by atoms with Crippen molar-refractivity contribution in [2.75, 3.05) is 6.61 Å². The lowest BCUT2D eigenvalue weighted by Crippen LogP contribution is -2.33. The van der Waals surface area contributed by atoms with Gasteiger partial charge in [0.05, 0.1) is 12.2 Å². The van der Waals surface area contributed by atoms with E-state index in [0.717, 1.165) is 0 Å². The molecule has 0 aromatic carbocycles. The van der Waals surface area contributed by atoms with Crippen LogP contribution in [0.2, 0.25) is 0 Å². The predicted molar refractivity (Wildman–Crippen MR) is 68.8 cm³/mol. The maximum atomic E-state index is 12.0. The van der Waals surface area contributed by atoms with Gasteiger partial charge in [-0.05, 0) is 0 Å². The van der Waals surface area contributed by atoms with Crippen LogP contribution in [0, 0.1) is 0 Å². The number of aromatic nitrogens is 3. The Bertz CT molecular complexity index is 784. The number of nitrogens with zero attached hydrogens (tertiary/aromatic N) is 2. The van der Waals surface area contributed by atoms with Gasteiger partial charge < -0.3 is 20.1 Å². The fourth-order valence-electron chi connectivity index (χ4n) is 2.34. The van der Waals surface area contributed by atoms with Crippen molar-refractivity contribution in [3.63, 3.8) is 0 Å². The van der Waals surface area contributed by atoms with E-state index < -0.39 is 42.1 Å². The van der Waals surface area contributed by atoms with Crippen molar-refractivity contribution in [2.24, 2.45) is 0 Å². The molecule has 0 radical (unpaired) electrons. The molecule has 4 N–H and O–H groups in total. The molecule has 0 bridgehead atoms. The molecule has 3 rings (SSSR count). The smallest absolute Gasteiger partial charge is 0.280 e. The van der Waals surface area contributed by atoms with Gasteiger partial charge in [0.15, 0.2) is 0 Å². The summed E-state index contributed by atoms with van der Waals surface area (Å²) in [5.74, 6) is 0.0583. The first kappa shape index (κ1) is 13.9. The van der Waals surface area contributed by atoms with E-state index in [9.17, 15) is 19.8 Å². The number of H-pyrrole nitrogens is 1. The van der Waals surface area contributed by atoms with E-state index in [1.165, 1.54) is 22.9 Å². The maximum absolute atomic E-state index is 12.0. The molecule has 0 spiro atoms. The van der Waals surface area contributed by atoms with Crippen molar-refractivity contribution < 1.29 is 20.1 Å². The van der Waals surface area contributed by atoms with Crippen LogP contribution in [0.15, 0.2) is 28.0 Å². The van der Waals surface area contributed by atoms with Crippen LogP contribution in [0.25, 0.3) is 5.78 Å². The van der Waals surface area contributed by atoms with Crippen LogP contribution >= 0.6 is 0 Å². The fraction of sp³-hybridized carbons (Fsp3) is 0.417. The van der Waals surface area contributed by atoms with Gasteiger partial charge in [0.2, 0.25) is 5.78 Å². The number of aromatic amines is 1. The van der Waals surface area contributed by atoms with Gasteiger partial charge >= 0.3 is 0 Å². The average Bonchev–Trinajstić information content (AvgIpc) is 2.74. The Morgan fingerprint density at radius 3 is 2.76 bits per heavy atom. The van der Waals surface area contributed by atoms with Crippen LogP contribution in [0.5, 0.6) is 0 Å². The second-order valence-corrected chi connectivity index (χ2v) is 4.80. The molecule has 21 heavy (non-hydrogen) atoms. The number of fused-ring (bicyclic) bond motifs is 1. The van der Waals surface area contributed by atoms with E-state index in [0.29, 0.717) is 0 Å². The van der Waals surface area contributed by atoms with Crippen LogP contribution in [-0.2, 0) is 4.74 Å². The quantitative estimate of drug-likeness (QED) is 0.482. The summed E-state index contributed by atoms with van der Waals surface area (Å²) in [7, 11) is 0. The highest BCUT2D eigenvalue weighted by Crippen LogP contribution is 2.31. The van der Waals surface area contributed by atoms with Crippen LogP contribution in [0.1, 0.15) is 11.7 Å². The first-order chi connectivity index (χ1) is 10.0. The molecule has 1 saturated heterocycles. The summed E-state index contributed by atoms with van der Waals surface area (Å²) in [6.45, 7) is -0.482. The van der Waals surface area contributed by atoms with Crippen molar-refractivity contribution in [3.05, 3.63) is 44.7 Å². The summed E-state index contributed by atoms with van der Waals surface area (Å²) < 4.78 is 6.70. The molecule has 1 aliphatic rings. The van der Waals surface area contributed by atoms with Gasteiger partial charge in [-0.25, -0.2) is 0 Å². The molecular formula is C12H13N3O6. The Hall–Kier alpha value is -2.07. The molecule has 112 valence electrons. The number of aliphatic hydroxyl groups excluding tert-OH is 3. The molecule has 0 aliphatic carbocycles. The zero-order valence-electron chi connectivity index (χ0n) is 10.7. The van der Waals surface area contributed by atoms with Gasteiger partial charge in [0.1, 0.15) is 24.4 Å². The normalized spacial score (nSPS) is 29.1. The molecule has 4 atom stereocenters. The summed E-state index contributed by atoms with van der Waals surface area (Å²) in [5.41, 5.74) is -1.06. The minimum atomic E-state index is -1.35.